The van der Waals surface area contributed by atoms with Crippen LogP contribution in [-0.2, 0) is 0 Å². The van der Waals surface area contributed by atoms with Gasteiger partial charge in [-0.3, -0.25) is 10.1 Å². The van der Waals surface area contributed by atoms with E-state index in [4.69, 9.17) is 9.52 Å². The van der Waals surface area contributed by atoms with Gasteiger partial charge in [-0.2, -0.15) is 5.26 Å². The maximum absolute atomic E-state index is 10.9. The Morgan fingerprint density at radius 1 is 1.11 bits per heavy atom. The van der Waals surface area contributed by atoms with Crippen molar-refractivity contribution in [2.45, 2.75) is 0 Å². The Morgan fingerprint density at radius 2 is 1.85 bits per heavy atom. The molecular weight excluding hydrogens is 348 g/mol. The molecule has 2 aromatic carbocycles. The number of allylic oxidation sites excluding steroid dienone is 1. The third-order valence-corrected chi connectivity index (χ3v) is 3.82. The Bertz CT molecular complexity index is 1090. The number of hydrogen-bond donors (Lipinski definition) is 1. The first kappa shape index (κ1) is 17.6. The Labute approximate surface area is 153 Å². The van der Waals surface area contributed by atoms with Crippen molar-refractivity contribution in [3.8, 4) is 17.4 Å². The second-order valence-corrected chi connectivity index (χ2v) is 5.56. The molecule has 1 aromatic heterocycles. The first-order valence-corrected chi connectivity index (χ1v) is 7.78. The van der Waals surface area contributed by atoms with E-state index in [1.165, 1.54) is 36.4 Å². The van der Waals surface area contributed by atoms with Gasteiger partial charge in [-0.15, -0.1) is 0 Å². The van der Waals surface area contributed by atoms with Crippen molar-refractivity contribution >= 4 is 23.3 Å². The van der Waals surface area contributed by atoms with Crippen molar-refractivity contribution in [2.75, 3.05) is 0 Å². The molecule has 0 bridgehead atoms. The predicted molar refractivity (Wildman–Crippen MR) is 97.7 cm³/mol. The lowest BCUT2D eigenvalue weighted by Gasteiger charge is -2.00. The lowest BCUT2D eigenvalue weighted by Crippen LogP contribution is -1.94. The van der Waals surface area contributed by atoms with Crippen LogP contribution in [0.5, 0.6) is 0 Å². The summed E-state index contributed by atoms with van der Waals surface area (Å²) in [5, 5.41) is 29.2. The predicted octanol–water partition coefficient (Wildman–Crippen LogP) is 4.62. The van der Waals surface area contributed by atoms with Crippen LogP contribution in [0.15, 0.2) is 65.1 Å². The minimum absolute atomic E-state index is 0.104. The minimum atomic E-state index is -1.01. The number of carboxylic acid groups (broad SMARTS) is 1. The molecule has 0 radical (unpaired) electrons. The number of benzene rings is 2. The molecule has 0 saturated heterocycles. The van der Waals surface area contributed by atoms with E-state index >= 15 is 0 Å². The van der Waals surface area contributed by atoms with E-state index in [0.29, 0.717) is 22.6 Å². The minimum Gasteiger partial charge on any atom is -0.478 e. The second kappa shape index (κ2) is 7.37. The number of rotatable bonds is 5. The molecular formula is C20H12N2O5. The average molecular weight is 360 g/mol. The summed E-state index contributed by atoms with van der Waals surface area (Å²) in [4.78, 5) is 21.3. The summed E-state index contributed by atoms with van der Waals surface area (Å²) in [5.74, 6) is -0.106. The van der Waals surface area contributed by atoms with Crippen LogP contribution in [0, 0.1) is 21.4 Å². The molecule has 3 rings (SSSR count). The van der Waals surface area contributed by atoms with Crippen LogP contribution in [0.2, 0.25) is 0 Å². The molecule has 132 valence electrons. The van der Waals surface area contributed by atoms with Crippen LogP contribution in [0.1, 0.15) is 21.7 Å². The van der Waals surface area contributed by atoms with E-state index < -0.39 is 10.9 Å². The zero-order valence-electron chi connectivity index (χ0n) is 13.8. The van der Waals surface area contributed by atoms with Crippen LogP contribution in [0.3, 0.4) is 0 Å². The molecule has 0 spiro atoms. The van der Waals surface area contributed by atoms with E-state index in [2.05, 4.69) is 0 Å². The number of furan rings is 1. The fraction of sp³-hybridized carbons (Fsp3) is 0. The number of carboxylic acids is 1. The SMILES string of the molecule is N#C/C(=C/c1ccc(-c2ccc(C(=O)O)cc2)o1)c1cccc([N+](=O)[O-])c1. The summed E-state index contributed by atoms with van der Waals surface area (Å²) < 4.78 is 5.69. The molecule has 0 fully saturated rings. The maximum atomic E-state index is 10.9. The van der Waals surface area contributed by atoms with Gasteiger partial charge in [0.25, 0.3) is 5.69 Å². The van der Waals surface area contributed by atoms with Crippen molar-refractivity contribution in [1.29, 1.82) is 5.26 Å². The number of nitro benzene ring substituents is 1. The van der Waals surface area contributed by atoms with Crippen LogP contribution >= 0.6 is 0 Å². The first-order valence-electron chi connectivity index (χ1n) is 7.78. The maximum Gasteiger partial charge on any atom is 0.335 e. The van der Waals surface area contributed by atoms with E-state index in [1.54, 1.807) is 30.3 Å². The molecule has 3 aromatic rings. The number of nitrogens with zero attached hydrogens (tertiary/aromatic N) is 2. The van der Waals surface area contributed by atoms with Crippen LogP contribution in [-0.4, -0.2) is 16.0 Å². The molecule has 0 saturated carbocycles. The average Bonchev–Trinajstić information content (AvgIpc) is 3.15. The Kier molecular flexibility index (Phi) is 4.82. The lowest BCUT2D eigenvalue weighted by atomic mass is 10.1. The van der Waals surface area contributed by atoms with Gasteiger partial charge in [0.2, 0.25) is 0 Å². The van der Waals surface area contributed by atoms with Gasteiger partial charge < -0.3 is 9.52 Å². The molecule has 0 amide bonds. The lowest BCUT2D eigenvalue weighted by molar-refractivity contribution is -0.384. The van der Waals surface area contributed by atoms with Crippen molar-refractivity contribution in [2.24, 2.45) is 0 Å². The Balaban J connectivity index is 1.91. The van der Waals surface area contributed by atoms with Crippen LogP contribution in [0.25, 0.3) is 23.0 Å². The molecule has 1 N–H and O–H groups in total. The molecule has 0 unspecified atom stereocenters. The van der Waals surface area contributed by atoms with Gasteiger partial charge in [0.15, 0.2) is 0 Å². The Morgan fingerprint density at radius 3 is 2.48 bits per heavy atom. The van der Waals surface area contributed by atoms with E-state index in [0.717, 1.165) is 0 Å². The van der Waals surface area contributed by atoms with Gasteiger partial charge in [0, 0.05) is 17.7 Å². The van der Waals surface area contributed by atoms with E-state index in [1.807, 2.05) is 6.07 Å². The molecule has 7 heteroatoms. The molecule has 0 aliphatic heterocycles. The first-order chi connectivity index (χ1) is 13.0. The fourth-order valence-electron chi connectivity index (χ4n) is 2.47. The van der Waals surface area contributed by atoms with Gasteiger partial charge in [0.1, 0.15) is 11.5 Å². The molecule has 1 heterocycles. The van der Waals surface area contributed by atoms with Crippen molar-refractivity contribution in [1.82, 2.24) is 0 Å². The zero-order chi connectivity index (χ0) is 19.4. The third kappa shape index (κ3) is 3.91. The highest BCUT2D eigenvalue weighted by atomic mass is 16.6. The van der Waals surface area contributed by atoms with Crippen molar-refractivity contribution < 1.29 is 19.2 Å². The van der Waals surface area contributed by atoms with Gasteiger partial charge in [-0.25, -0.2) is 4.79 Å². The molecule has 7 nitrogen and oxygen atoms in total. The number of nitriles is 1. The highest BCUT2D eigenvalue weighted by molar-refractivity contribution is 5.90. The summed E-state index contributed by atoms with van der Waals surface area (Å²) in [7, 11) is 0. The van der Waals surface area contributed by atoms with Crippen molar-refractivity contribution in [3.63, 3.8) is 0 Å². The Hall–Kier alpha value is -4.18. The molecule has 0 aliphatic carbocycles. The van der Waals surface area contributed by atoms with Gasteiger partial charge >= 0.3 is 5.97 Å². The third-order valence-electron chi connectivity index (χ3n) is 3.82. The summed E-state index contributed by atoms with van der Waals surface area (Å²) in [5.41, 5.74) is 1.39. The highest BCUT2D eigenvalue weighted by Gasteiger charge is 2.11. The van der Waals surface area contributed by atoms with Crippen molar-refractivity contribution in [3.05, 3.63) is 87.7 Å². The van der Waals surface area contributed by atoms with Crippen LogP contribution in [0.4, 0.5) is 5.69 Å². The van der Waals surface area contributed by atoms with E-state index in [-0.39, 0.29) is 16.8 Å². The normalized spacial score (nSPS) is 11.0. The summed E-state index contributed by atoms with van der Waals surface area (Å²) in [6.45, 7) is 0. The summed E-state index contributed by atoms with van der Waals surface area (Å²) >= 11 is 0. The zero-order valence-corrected chi connectivity index (χ0v) is 13.8. The quantitative estimate of drug-likeness (QED) is 0.403. The number of carbonyl (C=O) groups is 1. The van der Waals surface area contributed by atoms with Gasteiger partial charge in [-0.05, 0) is 35.9 Å². The molecule has 0 atom stereocenters. The monoisotopic (exact) mass is 360 g/mol. The summed E-state index contributed by atoms with van der Waals surface area (Å²) in [6.07, 6.45) is 1.49. The molecule has 0 aliphatic rings. The van der Waals surface area contributed by atoms with Crippen LogP contribution < -0.4 is 0 Å². The number of non-ortho nitro benzene ring substituents is 1. The smallest absolute Gasteiger partial charge is 0.335 e. The summed E-state index contributed by atoms with van der Waals surface area (Å²) in [6, 6.07) is 17.4. The van der Waals surface area contributed by atoms with Gasteiger partial charge in [0.05, 0.1) is 22.1 Å². The standard InChI is InChI=1S/C20H12N2O5/c21-12-16(15-2-1-3-17(10-15)22(25)26)11-18-8-9-19(27-18)13-4-6-14(7-5-13)20(23)24/h1-11H,(H,23,24)/b16-11-. The van der Waals surface area contributed by atoms with Gasteiger partial charge in [-0.1, -0.05) is 24.3 Å². The number of nitro groups is 1. The number of aromatic carboxylic acids is 1. The fourth-order valence-corrected chi connectivity index (χ4v) is 2.47. The van der Waals surface area contributed by atoms with E-state index in [9.17, 15) is 20.2 Å². The largest absolute Gasteiger partial charge is 0.478 e. The molecule has 27 heavy (non-hydrogen) atoms. The number of hydrogen-bond acceptors (Lipinski definition) is 5. The highest BCUT2D eigenvalue weighted by Crippen LogP contribution is 2.26. The second-order valence-electron chi connectivity index (χ2n) is 5.56. The topological polar surface area (TPSA) is 117 Å².